The number of nitrogens with one attached hydrogen (secondary N) is 1. The Balaban J connectivity index is 2.75. The van der Waals surface area contributed by atoms with Crippen LogP contribution in [-0.2, 0) is 0 Å². The number of nitrogens with zero attached hydrogens (tertiary/aromatic N) is 2. The minimum atomic E-state index is 1.06. The standard InChI is InChI=1S/C7H11N3/c1-8-10(2)7-4-3-5-9-6-7/h3-6,8H,1-2H3. The van der Waals surface area contributed by atoms with Crippen LogP contribution in [0.15, 0.2) is 24.5 Å². The molecule has 3 nitrogen and oxygen atoms in total. The lowest BCUT2D eigenvalue weighted by Gasteiger charge is -2.15. The number of hydrogen-bond donors (Lipinski definition) is 1. The van der Waals surface area contributed by atoms with E-state index in [0.29, 0.717) is 0 Å². The highest BCUT2D eigenvalue weighted by molar-refractivity contribution is 5.40. The molecule has 0 radical (unpaired) electrons. The van der Waals surface area contributed by atoms with E-state index in [4.69, 9.17) is 0 Å². The van der Waals surface area contributed by atoms with Crippen molar-refractivity contribution in [2.24, 2.45) is 0 Å². The molecule has 0 aliphatic rings. The fourth-order valence-corrected chi connectivity index (χ4v) is 0.681. The maximum atomic E-state index is 3.97. The van der Waals surface area contributed by atoms with Gasteiger partial charge in [0, 0.05) is 20.3 Å². The van der Waals surface area contributed by atoms with E-state index < -0.39 is 0 Å². The Morgan fingerprint density at radius 1 is 1.60 bits per heavy atom. The van der Waals surface area contributed by atoms with E-state index in [2.05, 4.69) is 10.4 Å². The molecule has 0 fully saturated rings. The first kappa shape index (κ1) is 7.02. The molecule has 0 unspecified atom stereocenters. The number of pyridine rings is 1. The predicted octanol–water partition coefficient (Wildman–Crippen LogP) is 0.652. The molecule has 0 atom stereocenters. The first-order valence-corrected chi connectivity index (χ1v) is 3.15. The molecule has 0 aliphatic carbocycles. The van der Waals surface area contributed by atoms with E-state index in [1.54, 1.807) is 12.4 Å². The Bertz CT molecular complexity index is 185. The Labute approximate surface area is 60.7 Å². The summed E-state index contributed by atoms with van der Waals surface area (Å²) in [6.07, 6.45) is 3.56. The highest BCUT2D eigenvalue weighted by atomic mass is 15.5. The molecule has 1 aromatic heterocycles. The highest BCUT2D eigenvalue weighted by Gasteiger charge is 1.93. The Hall–Kier alpha value is -1.09. The van der Waals surface area contributed by atoms with E-state index >= 15 is 0 Å². The van der Waals surface area contributed by atoms with Gasteiger partial charge in [-0.05, 0) is 12.1 Å². The molecule has 0 saturated carbocycles. The topological polar surface area (TPSA) is 28.2 Å². The van der Waals surface area contributed by atoms with Crippen molar-refractivity contribution in [2.45, 2.75) is 0 Å². The molecule has 10 heavy (non-hydrogen) atoms. The van der Waals surface area contributed by atoms with Crippen LogP contribution in [0.2, 0.25) is 0 Å². The number of anilines is 1. The lowest BCUT2D eigenvalue weighted by molar-refractivity contribution is 0.789. The second-order valence-electron chi connectivity index (χ2n) is 1.99. The fraction of sp³-hybridized carbons (Fsp3) is 0.286. The van der Waals surface area contributed by atoms with Gasteiger partial charge in [0.15, 0.2) is 0 Å². The second-order valence-corrected chi connectivity index (χ2v) is 1.99. The summed E-state index contributed by atoms with van der Waals surface area (Å²) in [6.45, 7) is 0. The van der Waals surface area contributed by atoms with Gasteiger partial charge < -0.3 is 5.01 Å². The van der Waals surface area contributed by atoms with Crippen LogP contribution < -0.4 is 10.4 Å². The molecule has 0 bridgehead atoms. The molecule has 0 aromatic carbocycles. The molecule has 1 N–H and O–H groups in total. The summed E-state index contributed by atoms with van der Waals surface area (Å²) in [5.41, 5.74) is 4.03. The van der Waals surface area contributed by atoms with Crippen molar-refractivity contribution in [3.05, 3.63) is 24.5 Å². The third-order valence-corrected chi connectivity index (χ3v) is 1.37. The van der Waals surface area contributed by atoms with Crippen molar-refractivity contribution in [3.63, 3.8) is 0 Å². The Morgan fingerprint density at radius 3 is 2.90 bits per heavy atom. The van der Waals surface area contributed by atoms with Gasteiger partial charge in [0.2, 0.25) is 0 Å². The van der Waals surface area contributed by atoms with Crippen LogP contribution in [0.25, 0.3) is 0 Å². The Kier molecular flexibility index (Phi) is 2.23. The summed E-state index contributed by atoms with van der Waals surface area (Å²) < 4.78 is 0. The molecule has 1 heterocycles. The summed E-state index contributed by atoms with van der Waals surface area (Å²) in [4.78, 5) is 3.97. The third-order valence-electron chi connectivity index (χ3n) is 1.37. The summed E-state index contributed by atoms with van der Waals surface area (Å²) in [7, 11) is 3.81. The molecule has 1 aromatic rings. The van der Waals surface area contributed by atoms with Gasteiger partial charge in [0.05, 0.1) is 11.9 Å². The molecule has 0 amide bonds. The average molecular weight is 137 g/mol. The van der Waals surface area contributed by atoms with Crippen LogP contribution in [0, 0.1) is 0 Å². The zero-order chi connectivity index (χ0) is 7.40. The summed E-state index contributed by atoms with van der Waals surface area (Å²) in [6, 6.07) is 3.90. The summed E-state index contributed by atoms with van der Waals surface area (Å²) in [5, 5.41) is 1.90. The third kappa shape index (κ3) is 1.45. The van der Waals surface area contributed by atoms with Crippen LogP contribution in [0.1, 0.15) is 0 Å². The first-order chi connectivity index (χ1) is 4.84. The largest absolute Gasteiger partial charge is 0.310 e. The highest BCUT2D eigenvalue weighted by Crippen LogP contribution is 2.04. The number of aromatic nitrogens is 1. The zero-order valence-corrected chi connectivity index (χ0v) is 6.20. The van der Waals surface area contributed by atoms with Crippen LogP contribution in [-0.4, -0.2) is 19.1 Å². The molecule has 1 rings (SSSR count). The number of rotatable bonds is 2. The molecule has 54 valence electrons. The monoisotopic (exact) mass is 137 g/mol. The van der Waals surface area contributed by atoms with Gasteiger partial charge in [-0.2, -0.15) is 0 Å². The van der Waals surface area contributed by atoms with Crippen LogP contribution in [0.4, 0.5) is 5.69 Å². The molecule has 0 saturated heterocycles. The van der Waals surface area contributed by atoms with Crippen molar-refractivity contribution in [1.82, 2.24) is 10.4 Å². The van der Waals surface area contributed by atoms with Crippen molar-refractivity contribution in [1.29, 1.82) is 0 Å². The SMILES string of the molecule is CNN(C)c1cccnc1. The van der Waals surface area contributed by atoms with E-state index in [1.807, 2.05) is 31.2 Å². The predicted molar refractivity (Wildman–Crippen MR) is 41.7 cm³/mol. The van der Waals surface area contributed by atoms with Gasteiger partial charge in [0.25, 0.3) is 0 Å². The van der Waals surface area contributed by atoms with Gasteiger partial charge in [0.1, 0.15) is 0 Å². The van der Waals surface area contributed by atoms with Crippen molar-refractivity contribution in [3.8, 4) is 0 Å². The Morgan fingerprint density at radius 2 is 2.40 bits per heavy atom. The minimum absolute atomic E-state index is 1.06. The van der Waals surface area contributed by atoms with Crippen molar-refractivity contribution >= 4 is 5.69 Å². The molecule has 0 spiro atoms. The molecule has 0 aliphatic heterocycles. The van der Waals surface area contributed by atoms with Gasteiger partial charge in [-0.1, -0.05) is 0 Å². The maximum absolute atomic E-state index is 3.97. The fourth-order valence-electron chi connectivity index (χ4n) is 0.681. The quantitative estimate of drug-likeness (QED) is 0.607. The summed E-state index contributed by atoms with van der Waals surface area (Å²) in [5.74, 6) is 0. The molecular formula is C7H11N3. The zero-order valence-electron chi connectivity index (χ0n) is 6.20. The first-order valence-electron chi connectivity index (χ1n) is 3.15. The minimum Gasteiger partial charge on any atom is -0.310 e. The summed E-state index contributed by atoms with van der Waals surface area (Å²) >= 11 is 0. The van der Waals surface area contributed by atoms with Crippen LogP contribution in [0.5, 0.6) is 0 Å². The second kappa shape index (κ2) is 3.17. The number of hydrazine groups is 1. The van der Waals surface area contributed by atoms with Gasteiger partial charge in [-0.25, -0.2) is 5.43 Å². The van der Waals surface area contributed by atoms with Crippen LogP contribution in [0.3, 0.4) is 0 Å². The lowest BCUT2D eigenvalue weighted by atomic mass is 10.4. The maximum Gasteiger partial charge on any atom is 0.0699 e. The van der Waals surface area contributed by atoms with Gasteiger partial charge in [-0.3, -0.25) is 4.98 Å². The van der Waals surface area contributed by atoms with E-state index in [0.717, 1.165) is 5.69 Å². The number of hydrogen-bond acceptors (Lipinski definition) is 3. The van der Waals surface area contributed by atoms with Crippen molar-refractivity contribution < 1.29 is 0 Å². The average Bonchev–Trinajstić information content (AvgIpc) is 2.05. The van der Waals surface area contributed by atoms with Crippen LogP contribution >= 0.6 is 0 Å². The molecular weight excluding hydrogens is 126 g/mol. The smallest absolute Gasteiger partial charge is 0.0699 e. The van der Waals surface area contributed by atoms with Crippen molar-refractivity contribution in [2.75, 3.05) is 19.1 Å². The van der Waals surface area contributed by atoms with Gasteiger partial charge in [-0.15, -0.1) is 0 Å². The molecule has 3 heteroatoms. The normalized spacial score (nSPS) is 9.40. The van der Waals surface area contributed by atoms with E-state index in [9.17, 15) is 0 Å². The lowest BCUT2D eigenvalue weighted by Crippen LogP contribution is -2.30. The van der Waals surface area contributed by atoms with E-state index in [-0.39, 0.29) is 0 Å². The van der Waals surface area contributed by atoms with E-state index in [1.165, 1.54) is 0 Å². The van der Waals surface area contributed by atoms with Gasteiger partial charge >= 0.3 is 0 Å².